The van der Waals surface area contributed by atoms with Gasteiger partial charge in [-0.15, -0.1) is 10.2 Å². The predicted octanol–water partition coefficient (Wildman–Crippen LogP) is 0.699. The normalized spacial score (nSPS) is 14.3. The molecule has 138 valence electrons. The molecular formula is C16H20N6O3S. The molecule has 0 spiro atoms. The maximum absolute atomic E-state index is 11.7. The molecule has 1 aromatic heterocycles. The highest BCUT2D eigenvalue weighted by atomic mass is 32.2. The lowest BCUT2D eigenvalue weighted by Gasteiger charge is -2.27. The number of morpholine rings is 1. The Morgan fingerprint density at radius 1 is 1.23 bits per heavy atom. The number of thioether (sulfide) groups is 1. The number of hydrogen-bond acceptors (Lipinski definition) is 7. The van der Waals surface area contributed by atoms with Crippen molar-refractivity contribution in [2.24, 2.45) is 5.73 Å². The number of amides is 3. The van der Waals surface area contributed by atoms with Crippen molar-refractivity contribution in [1.29, 1.82) is 0 Å². The number of nitrogens with one attached hydrogen (secondary N) is 1. The lowest BCUT2D eigenvalue weighted by Crippen LogP contribution is -2.38. The molecule has 1 aromatic carbocycles. The summed E-state index contributed by atoms with van der Waals surface area (Å²) in [5.41, 5.74) is 7.01. The Balaban J connectivity index is 1.88. The van der Waals surface area contributed by atoms with Gasteiger partial charge < -0.3 is 15.4 Å². The van der Waals surface area contributed by atoms with Gasteiger partial charge in [0.25, 0.3) is 0 Å². The minimum absolute atomic E-state index is 0.00997. The Kier molecular flexibility index (Phi) is 5.74. The minimum Gasteiger partial charge on any atom is -0.378 e. The van der Waals surface area contributed by atoms with Crippen molar-refractivity contribution in [3.05, 3.63) is 29.8 Å². The molecule has 3 rings (SSSR count). The summed E-state index contributed by atoms with van der Waals surface area (Å²) in [6.45, 7) is 4.71. The van der Waals surface area contributed by atoms with Crippen molar-refractivity contribution < 1.29 is 14.3 Å². The minimum atomic E-state index is -0.871. The van der Waals surface area contributed by atoms with Crippen LogP contribution in [-0.4, -0.2) is 58.8 Å². The van der Waals surface area contributed by atoms with E-state index in [-0.39, 0.29) is 5.75 Å². The molecule has 1 fully saturated rings. The molecule has 1 aliphatic heterocycles. The first-order valence-corrected chi connectivity index (χ1v) is 9.10. The molecular weight excluding hydrogens is 356 g/mol. The maximum atomic E-state index is 11.7. The number of imide groups is 1. The number of primary amides is 1. The molecule has 2 heterocycles. The second-order valence-electron chi connectivity index (χ2n) is 5.75. The fourth-order valence-electron chi connectivity index (χ4n) is 2.55. The van der Waals surface area contributed by atoms with E-state index in [0.717, 1.165) is 24.3 Å². The van der Waals surface area contributed by atoms with Crippen LogP contribution in [0.25, 0.3) is 5.69 Å². The Hall–Kier alpha value is -2.59. The topological polar surface area (TPSA) is 115 Å². The van der Waals surface area contributed by atoms with Gasteiger partial charge in [0, 0.05) is 13.1 Å². The van der Waals surface area contributed by atoms with Crippen LogP contribution in [0, 0.1) is 6.92 Å². The van der Waals surface area contributed by atoms with Crippen LogP contribution in [-0.2, 0) is 9.53 Å². The van der Waals surface area contributed by atoms with Crippen molar-refractivity contribution in [3.8, 4) is 5.69 Å². The largest absolute Gasteiger partial charge is 0.378 e. The standard InChI is InChI=1S/C16H20N6O3S/c1-11-2-4-12(5-3-11)22-15(21-6-8-25-9-7-21)19-20-16(22)26-10-13(23)18-14(17)24/h2-5H,6-10H2,1H3,(H3,17,18,23,24). The number of urea groups is 1. The smallest absolute Gasteiger partial charge is 0.318 e. The molecule has 10 heteroatoms. The number of aryl methyl sites for hydroxylation is 1. The first-order chi connectivity index (χ1) is 12.5. The highest BCUT2D eigenvalue weighted by Crippen LogP contribution is 2.27. The van der Waals surface area contributed by atoms with E-state index in [1.165, 1.54) is 11.8 Å². The summed E-state index contributed by atoms with van der Waals surface area (Å²) < 4.78 is 7.31. The summed E-state index contributed by atoms with van der Waals surface area (Å²) in [4.78, 5) is 24.6. The van der Waals surface area contributed by atoms with E-state index in [2.05, 4.69) is 15.1 Å². The van der Waals surface area contributed by atoms with Crippen molar-refractivity contribution >= 4 is 29.6 Å². The lowest BCUT2D eigenvalue weighted by atomic mass is 10.2. The highest BCUT2D eigenvalue weighted by Gasteiger charge is 2.22. The Bertz CT molecular complexity index is 786. The number of hydrogen-bond donors (Lipinski definition) is 2. The number of nitrogens with two attached hydrogens (primary N) is 1. The molecule has 0 unspecified atom stereocenters. The van der Waals surface area contributed by atoms with Gasteiger partial charge in [0.2, 0.25) is 11.9 Å². The summed E-state index contributed by atoms with van der Waals surface area (Å²) in [6, 6.07) is 7.11. The van der Waals surface area contributed by atoms with E-state index in [1.54, 1.807) is 0 Å². The molecule has 3 N–H and O–H groups in total. The first kappa shape index (κ1) is 18.2. The number of carbonyl (C=O) groups excluding carboxylic acids is 2. The maximum Gasteiger partial charge on any atom is 0.318 e. The number of anilines is 1. The number of ether oxygens (including phenoxy) is 1. The first-order valence-electron chi connectivity index (χ1n) is 8.12. The van der Waals surface area contributed by atoms with Gasteiger partial charge in [-0.3, -0.25) is 14.7 Å². The Labute approximate surface area is 154 Å². The zero-order valence-corrected chi connectivity index (χ0v) is 15.2. The molecule has 1 aliphatic rings. The second-order valence-corrected chi connectivity index (χ2v) is 6.70. The second kappa shape index (κ2) is 8.19. The zero-order chi connectivity index (χ0) is 18.5. The lowest BCUT2D eigenvalue weighted by molar-refractivity contribution is -0.117. The summed E-state index contributed by atoms with van der Waals surface area (Å²) in [5, 5.41) is 11.2. The zero-order valence-electron chi connectivity index (χ0n) is 14.3. The molecule has 0 atom stereocenters. The van der Waals surface area contributed by atoms with E-state index in [9.17, 15) is 9.59 Å². The average Bonchev–Trinajstić information content (AvgIpc) is 3.05. The van der Waals surface area contributed by atoms with Crippen LogP contribution in [0.4, 0.5) is 10.7 Å². The van der Waals surface area contributed by atoms with Gasteiger partial charge in [-0.1, -0.05) is 29.5 Å². The number of nitrogens with zero attached hydrogens (tertiary/aromatic N) is 4. The molecule has 0 radical (unpaired) electrons. The monoisotopic (exact) mass is 376 g/mol. The van der Waals surface area contributed by atoms with Crippen molar-refractivity contribution in [1.82, 2.24) is 20.1 Å². The SMILES string of the molecule is Cc1ccc(-n2c(SCC(=O)NC(N)=O)nnc2N2CCOCC2)cc1. The summed E-state index contributed by atoms with van der Waals surface area (Å²) in [5.74, 6) is 0.236. The van der Waals surface area contributed by atoms with Gasteiger partial charge in [0.05, 0.1) is 24.7 Å². The number of rotatable bonds is 5. The van der Waals surface area contributed by atoms with Crippen LogP contribution in [0.1, 0.15) is 5.56 Å². The molecule has 0 saturated carbocycles. The molecule has 1 saturated heterocycles. The third kappa shape index (κ3) is 4.33. The van der Waals surface area contributed by atoms with Crippen LogP contribution >= 0.6 is 11.8 Å². The van der Waals surface area contributed by atoms with Gasteiger partial charge in [-0.05, 0) is 19.1 Å². The molecule has 0 aliphatic carbocycles. The quantitative estimate of drug-likeness (QED) is 0.738. The fourth-order valence-corrected chi connectivity index (χ4v) is 3.29. The number of aromatic nitrogens is 3. The van der Waals surface area contributed by atoms with Crippen molar-refractivity contribution in [2.75, 3.05) is 37.0 Å². The predicted molar refractivity (Wildman–Crippen MR) is 97.6 cm³/mol. The molecule has 3 amide bonds. The van der Waals surface area contributed by atoms with Gasteiger partial charge in [-0.25, -0.2) is 4.79 Å². The number of benzene rings is 1. The summed E-state index contributed by atoms with van der Waals surface area (Å²) in [6.07, 6.45) is 0. The Morgan fingerprint density at radius 2 is 1.92 bits per heavy atom. The van der Waals surface area contributed by atoms with Crippen LogP contribution in [0.3, 0.4) is 0 Å². The van der Waals surface area contributed by atoms with Gasteiger partial charge >= 0.3 is 6.03 Å². The van der Waals surface area contributed by atoms with Crippen LogP contribution in [0.5, 0.6) is 0 Å². The van der Waals surface area contributed by atoms with Gasteiger partial charge in [-0.2, -0.15) is 0 Å². The van der Waals surface area contributed by atoms with E-state index < -0.39 is 11.9 Å². The van der Waals surface area contributed by atoms with Crippen molar-refractivity contribution in [3.63, 3.8) is 0 Å². The van der Waals surface area contributed by atoms with Gasteiger partial charge in [0.1, 0.15) is 0 Å². The fraction of sp³-hybridized carbons (Fsp3) is 0.375. The molecule has 9 nitrogen and oxygen atoms in total. The van der Waals surface area contributed by atoms with Crippen LogP contribution < -0.4 is 16.0 Å². The average molecular weight is 376 g/mol. The van der Waals surface area contributed by atoms with Gasteiger partial charge in [0.15, 0.2) is 5.16 Å². The van der Waals surface area contributed by atoms with Crippen molar-refractivity contribution in [2.45, 2.75) is 12.1 Å². The van der Waals surface area contributed by atoms with E-state index in [0.29, 0.717) is 24.3 Å². The summed E-state index contributed by atoms with van der Waals surface area (Å²) >= 11 is 1.19. The van der Waals surface area contributed by atoms with Crippen LogP contribution in [0.15, 0.2) is 29.4 Å². The molecule has 26 heavy (non-hydrogen) atoms. The summed E-state index contributed by atoms with van der Waals surface area (Å²) in [7, 11) is 0. The highest BCUT2D eigenvalue weighted by molar-refractivity contribution is 7.99. The number of carbonyl (C=O) groups is 2. The van der Waals surface area contributed by atoms with E-state index in [4.69, 9.17) is 10.5 Å². The van der Waals surface area contributed by atoms with Crippen LogP contribution in [0.2, 0.25) is 0 Å². The van der Waals surface area contributed by atoms with E-state index >= 15 is 0 Å². The third-order valence-electron chi connectivity index (χ3n) is 3.80. The molecule has 0 bridgehead atoms. The molecule has 2 aromatic rings. The van der Waals surface area contributed by atoms with E-state index in [1.807, 2.05) is 41.1 Å². The third-order valence-corrected chi connectivity index (χ3v) is 4.73. The Morgan fingerprint density at radius 3 is 2.58 bits per heavy atom.